The molecule has 144 valence electrons. The normalized spacial score (nSPS) is 15.4. The lowest BCUT2D eigenvalue weighted by Gasteiger charge is -2.27. The first-order valence-electron chi connectivity index (χ1n) is 8.69. The lowest BCUT2D eigenvalue weighted by atomic mass is 10.1. The maximum atomic E-state index is 13.0. The molecule has 4 heterocycles. The Morgan fingerprint density at radius 3 is 2.79 bits per heavy atom. The quantitative estimate of drug-likeness (QED) is 0.600. The van der Waals surface area contributed by atoms with Gasteiger partial charge in [-0.3, -0.25) is 4.40 Å². The zero-order chi connectivity index (χ0) is 19.7. The monoisotopic (exact) mass is 416 g/mol. The molecule has 4 rings (SSSR count). The van der Waals surface area contributed by atoms with Gasteiger partial charge in [-0.05, 0) is 43.9 Å². The molecule has 0 radical (unpaired) electrons. The lowest BCUT2D eigenvalue weighted by molar-refractivity contribution is 0.385. The van der Waals surface area contributed by atoms with Crippen molar-refractivity contribution in [3.05, 3.63) is 58.8 Å². The van der Waals surface area contributed by atoms with E-state index in [2.05, 4.69) is 21.8 Å². The van der Waals surface area contributed by atoms with Crippen LogP contribution in [-0.4, -0.2) is 40.2 Å². The van der Waals surface area contributed by atoms with Crippen LogP contribution in [-0.2, 0) is 10.0 Å². The van der Waals surface area contributed by atoms with Gasteiger partial charge in [0.2, 0.25) is 0 Å². The van der Waals surface area contributed by atoms with Crippen LogP contribution in [0.3, 0.4) is 0 Å². The van der Waals surface area contributed by atoms with Crippen molar-refractivity contribution in [1.82, 2.24) is 18.7 Å². The molecule has 0 atom stereocenters. The molecule has 0 bridgehead atoms. The summed E-state index contributed by atoms with van der Waals surface area (Å²) < 4.78 is 33.9. The number of oxazole rings is 1. The minimum atomic E-state index is -3.77. The van der Waals surface area contributed by atoms with Gasteiger partial charge in [0.25, 0.3) is 10.0 Å². The third-order valence-corrected chi connectivity index (χ3v) is 6.79. The number of piperidine rings is 1. The number of rotatable bonds is 2. The van der Waals surface area contributed by atoms with Gasteiger partial charge in [0.05, 0.1) is 6.20 Å². The predicted molar refractivity (Wildman–Crippen MR) is 104 cm³/mol. The van der Waals surface area contributed by atoms with E-state index in [0.717, 1.165) is 17.0 Å². The third kappa shape index (κ3) is 3.56. The molecule has 28 heavy (non-hydrogen) atoms. The largest absolute Gasteiger partial charge is 0.432 e. The molecule has 9 heteroatoms. The van der Waals surface area contributed by atoms with Crippen molar-refractivity contribution in [2.24, 2.45) is 0 Å². The molecule has 1 saturated heterocycles. The number of hydrogen-bond acceptors (Lipinski definition) is 5. The summed E-state index contributed by atoms with van der Waals surface area (Å²) in [5, 5.41) is -0.145. The van der Waals surface area contributed by atoms with E-state index in [1.54, 1.807) is 0 Å². The number of halogens is 1. The van der Waals surface area contributed by atoms with Crippen LogP contribution < -0.4 is 0 Å². The fraction of sp³-hybridized carbons (Fsp3) is 0.263. The lowest BCUT2D eigenvalue weighted by Crippen LogP contribution is -2.37. The fourth-order valence-corrected chi connectivity index (χ4v) is 5.08. The second-order valence-electron chi connectivity index (χ2n) is 6.40. The number of sulfonamides is 1. The van der Waals surface area contributed by atoms with E-state index in [-0.39, 0.29) is 16.0 Å². The van der Waals surface area contributed by atoms with Gasteiger partial charge in [-0.2, -0.15) is 9.29 Å². The van der Waals surface area contributed by atoms with Crippen LogP contribution in [0.1, 0.15) is 24.2 Å². The number of aryl methyl sites for hydroxylation is 1. The van der Waals surface area contributed by atoms with Crippen molar-refractivity contribution in [2.75, 3.05) is 13.1 Å². The highest BCUT2D eigenvalue weighted by Gasteiger charge is 2.33. The minimum absolute atomic E-state index is 0.0596. The Morgan fingerprint density at radius 2 is 2.04 bits per heavy atom. The van der Waals surface area contributed by atoms with Gasteiger partial charge in [-0.15, -0.1) is 0 Å². The predicted octanol–water partition coefficient (Wildman–Crippen LogP) is 3.05. The van der Waals surface area contributed by atoms with Gasteiger partial charge in [0.1, 0.15) is 12.0 Å². The Hall–Kier alpha value is -2.60. The molecule has 3 aromatic rings. The summed E-state index contributed by atoms with van der Waals surface area (Å²) in [5.41, 5.74) is 2.75. The van der Waals surface area contributed by atoms with Crippen LogP contribution in [0.4, 0.5) is 0 Å². The van der Waals surface area contributed by atoms with E-state index < -0.39 is 10.0 Å². The summed E-state index contributed by atoms with van der Waals surface area (Å²) in [6.45, 7) is 2.64. The Kier molecular flexibility index (Phi) is 4.98. The first-order valence-corrected chi connectivity index (χ1v) is 10.5. The summed E-state index contributed by atoms with van der Waals surface area (Å²) in [7, 11) is -3.77. The molecule has 0 saturated carbocycles. The number of pyridine rings is 1. The van der Waals surface area contributed by atoms with Crippen LogP contribution in [0.5, 0.6) is 0 Å². The van der Waals surface area contributed by atoms with Crippen molar-refractivity contribution < 1.29 is 12.8 Å². The standard InChI is InChI=1S/C19H17ClN4O3S/c1-14-4-2-6-16(21-14)7-3-5-15-8-10-23(11-9-15)28(25,26)18-17(20)22-19-24(18)12-13-27-19/h2,4-6,12-13H,8-11H2,1H3. The molecule has 0 unspecified atom stereocenters. The molecule has 3 aromatic heterocycles. The van der Waals surface area contributed by atoms with E-state index in [0.29, 0.717) is 25.9 Å². The molecule has 1 aliphatic heterocycles. The van der Waals surface area contributed by atoms with Crippen molar-refractivity contribution in [2.45, 2.75) is 24.8 Å². The van der Waals surface area contributed by atoms with E-state index in [4.69, 9.17) is 16.0 Å². The number of hydrogen-bond donors (Lipinski definition) is 0. The molecular weight excluding hydrogens is 400 g/mol. The Labute approximate surface area is 167 Å². The number of nitrogens with zero attached hydrogens (tertiary/aromatic N) is 4. The topological polar surface area (TPSA) is 80.7 Å². The smallest absolute Gasteiger partial charge is 0.308 e. The fourth-order valence-electron chi connectivity index (χ4n) is 3.07. The molecule has 1 aliphatic rings. The maximum absolute atomic E-state index is 13.0. The molecule has 0 aromatic carbocycles. The molecular formula is C19H17ClN4O3S. The molecule has 0 amide bonds. The van der Waals surface area contributed by atoms with Gasteiger partial charge in [-0.1, -0.05) is 29.2 Å². The Morgan fingerprint density at radius 1 is 1.25 bits per heavy atom. The highest BCUT2D eigenvalue weighted by atomic mass is 35.5. The van der Waals surface area contributed by atoms with E-state index >= 15 is 0 Å². The molecule has 7 nitrogen and oxygen atoms in total. The minimum Gasteiger partial charge on any atom is -0.432 e. The molecule has 0 spiro atoms. The van der Waals surface area contributed by atoms with Gasteiger partial charge in [0.15, 0.2) is 10.2 Å². The van der Waals surface area contributed by atoms with Crippen molar-refractivity contribution >= 4 is 27.5 Å². The number of fused-ring (bicyclic) bond motifs is 1. The van der Waals surface area contributed by atoms with Crippen LogP contribution in [0.15, 0.2) is 51.8 Å². The average molecular weight is 417 g/mol. The van der Waals surface area contributed by atoms with E-state index in [1.807, 2.05) is 31.2 Å². The highest BCUT2D eigenvalue weighted by molar-refractivity contribution is 7.89. The summed E-state index contributed by atoms with van der Waals surface area (Å²) in [6.07, 6.45) is 5.94. The summed E-state index contributed by atoms with van der Waals surface area (Å²) in [4.78, 5) is 8.28. The zero-order valence-electron chi connectivity index (χ0n) is 15.1. The maximum Gasteiger partial charge on any atom is 0.308 e. The number of allylic oxidation sites excluding steroid dienone is 1. The first-order chi connectivity index (χ1) is 13.4. The van der Waals surface area contributed by atoms with Gasteiger partial charge >= 0.3 is 5.84 Å². The van der Waals surface area contributed by atoms with Crippen molar-refractivity contribution in [3.63, 3.8) is 0 Å². The summed E-state index contributed by atoms with van der Waals surface area (Å²) in [5.74, 6) is 6.19. The first kappa shape index (κ1) is 18.7. The molecule has 0 N–H and O–H groups in total. The average Bonchev–Trinajstić information content (AvgIpc) is 3.22. The zero-order valence-corrected chi connectivity index (χ0v) is 16.7. The van der Waals surface area contributed by atoms with Crippen LogP contribution in [0.25, 0.3) is 5.84 Å². The Balaban J connectivity index is 1.48. The van der Waals surface area contributed by atoms with Crippen LogP contribution in [0.2, 0.25) is 5.15 Å². The van der Waals surface area contributed by atoms with Crippen LogP contribution in [0, 0.1) is 18.8 Å². The number of imidazole rings is 1. The SMILES string of the molecule is Cc1cccc(C#CC=C2CCN(S(=O)(=O)c3c(Cl)nc4occn34)CC2)n1. The van der Waals surface area contributed by atoms with E-state index in [1.165, 1.54) is 21.2 Å². The van der Waals surface area contributed by atoms with Gasteiger partial charge in [0, 0.05) is 18.8 Å². The molecule has 1 fully saturated rings. The second-order valence-corrected chi connectivity index (χ2v) is 8.61. The van der Waals surface area contributed by atoms with E-state index in [9.17, 15) is 8.42 Å². The summed E-state index contributed by atoms with van der Waals surface area (Å²) >= 11 is 6.05. The van der Waals surface area contributed by atoms with Gasteiger partial charge in [-0.25, -0.2) is 13.4 Å². The van der Waals surface area contributed by atoms with Crippen molar-refractivity contribution in [1.29, 1.82) is 0 Å². The van der Waals surface area contributed by atoms with Crippen molar-refractivity contribution in [3.8, 4) is 11.8 Å². The third-order valence-electron chi connectivity index (χ3n) is 4.49. The highest BCUT2D eigenvalue weighted by Crippen LogP contribution is 2.29. The second kappa shape index (κ2) is 7.43. The summed E-state index contributed by atoms with van der Waals surface area (Å²) in [6, 6.07) is 5.70. The Bertz CT molecular complexity index is 1220. The number of aromatic nitrogens is 3. The van der Waals surface area contributed by atoms with Crippen LogP contribution >= 0.6 is 11.6 Å². The molecule has 0 aliphatic carbocycles. The van der Waals surface area contributed by atoms with Gasteiger partial charge < -0.3 is 4.42 Å².